The van der Waals surface area contributed by atoms with Crippen LogP contribution in [-0.2, 0) is 30.5 Å². The van der Waals surface area contributed by atoms with Crippen LogP contribution in [0.1, 0.15) is 33.9 Å². The molecule has 5 nitrogen and oxygen atoms in total. The van der Waals surface area contributed by atoms with Crippen LogP contribution in [0.3, 0.4) is 0 Å². The van der Waals surface area contributed by atoms with Crippen LogP contribution in [0.25, 0.3) is 0 Å². The third-order valence-electron chi connectivity index (χ3n) is 5.59. The Labute approximate surface area is 181 Å². The predicted molar refractivity (Wildman–Crippen MR) is 114 cm³/mol. The van der Waals surface area contributed by atoms with Crippen molar-refractivity contribution in [3.05, 3.63) is 70.3 Å². The summed E-state index contributed by atoms with van der Waals surface area (Å²) in [6.07, 6.45) is -3.72. The molecule has 3 N–H and O–H groups in total. The van der Waals surface area contributed by atoms with Gasteiger partial charge in [0.15, 0.2) is 0 Å². The maximum absolute atomic E-state index is 13.5. The Morgan fingerprint density at radius 2 is 1.87 bits per heavy atom. The van der Waals surface area contributed by atoms with Crippen molar-refractivity contribution in [2.75, 3.05) is 33.7 Å². The molecule has 3 rings (SSSR count). The lowest BCUT2D eigenvalue weighted by Gasteiger charge is -2.30. The molecule has 1 aliphatic heterocycles. The number of benzene rings is 2. The number of carbonyl (C=O) groups is 1. The minimum absolute atomic E-state index is 0.0635. The SMILES string of the molecule is CN(C)CCN(Cc1ccccc1C(F)(F)F)C(=O)C(N)c1cccc2c1CCNC2. The van der Waals surface area contributed by atoms with Crippen LogP contribution in [0.4, 0.5) is 13.2 Å². The Kier molecular flexibility index (Phi) is 7.35. The molecule has 1 unspecified atom stereocenters. The van der Waals surface area contributed by atoms with Crippen LogP contribution < -0.4 is 11.1 Å². The van der Waals surface area contributed by atoms with Gasteiger partial charge in [-0.2, -0.15) is 13.2 Å². The van der Waals surface area contributed by atoms with E-state index in [9.17, 15) is 18.0 Å². The number of hydrogen-bond acceptors (Lipinski definition) is 4. The van der Waals surface area contributed by atoms with Crippen molar-refractivity contribution in [2.45, 2.75) is 31.7 Å². The van der Waals surface area contributed by atoms with E-state index in [4.69, 9.17) is 5.73 Å². The fourth-order valence-electron chi connectivity index (χ4n) is 3.91. The molecular weight excluding hydrogens is 405 g/mol. The summed E-state index contributed by atoms with van der Waals surface area (Å²) < 4.78 is 40.5. The van der Waals surface area contributed by atoms with Crippen molar-refractivity contribution in [3.63, 3.8) is 0 Å². The molecule has 168 valence electrons. The molecule has 1 atom stereocenters. The number of halogens is 3. The summed E-state index contributed by atoms with van der Waals surface area (Å²) in [5, 5.41) is 3.30. The van der Waals surface area contributed by atoms with E-state index in [2.05, 4.69) is 5.32 Å². The smallest absolute Gasteiger partial charge is 0.335 e. The zero-order chi connectivity index (χ0) is 22.6. The Morgan fingerprint density at radius 1 is 1.13 bits per heavy atom. The lowest BCUT2D eigenvalue weighted by molar-refractivity contribution is -0.140. The number of fused-ring (bicyclic) bond motifs is 1. The first kappa shape index (κ1) is 23.2. The summed E-state index contributed by atoms with van der Waals surface area (Å²) in [6.45, 7) is 2.17. The molecule has 2 aromatic carbocycles. The normalized spacial score (nSPS) is 14.9. The fraction of sp³-hybridized carbons (Fsp3) is 0.435. The molecule has 0 saturated carbocycles. The second-order valence-electron chi connectivity index (χ2n) is 8.11. The average molecular weight is 435 g/mol. The highest BCUT2D eigenvalue weighted by molar-refractivity contribution is 5.83. The molecule has 0 aliphatic carbocycles. The molecule has 8 heteroatoms. The standard InChI is InChI=1S/C23H29F3N4O/c1-29(2)12-13-30(15-17-6-3-4-9-20(17)23(24,25)26)22(31)21(27)19-8-5-7-16-14-28-11-10-18(16)19/h3-9,21,28H,10-15,27H2,1-2H3. The van der Waals surface area contributed by atoms with E-state index in [1.165, 1.54) is 17.0 Å². The van der Waals surface area contributed by atoms with E-state index in [1.807, 2.05) is 37.2 Å². The van der Waals surface area contributed by atoms with E-state index < -0.39 is 17.8 Å². The Hall–Kier alpha value is -2.42. The number of alkyl halides is 3. The topological polar surface area (TPSA) is 61.6 Å². The molecule has 0 radical (unpaired) electrons. The molecule has 0 fully saturated rings. The highest BCUT2D eigenvalue weighted by atomic mass is 19.4. The maximum atomic E-state index is 13.5. The summed E-state index contributed by atoms with van der Waals surface area (Å²) in [7, 11) is 3.71. The second-order valence-corrected chi connectivity index (χ2v) is 8.11. The van der Waals surface area contributed by atoms with E-state index >= 15 is 0 Å². The van der Waals surface area contributed by atoms with Gasteiger partial charge in [0.1, 0.15) is 6.04 Å². The molecule has 1 heterocycles. The van der Waals surface area contributed by atoms with Crippen molar-refractivity contribution in [3.8, 4) is 0 Å². The van der Waals surface area contributed by atoms with Crippen molar-refractivity contribution < 1.29 is 18.0 Å². The third kappa shape index (κ3) is 5.64. The zero-order valence-corrected chi connectivity index (χ0v) is 17.9. The van der Waals surface area contributed by atoms with Gasteiger partial charge in [0.2, 0.25) is 5.91 Å². The molecule has 1 amide bonds. The number of nitrogens with one attached hydrogen (secondary N) is 1. The Balaban J connectivity index is 1.90. The van der Waals surface area contributed by atoms with Gasteiger partial charge in [0.05, 0.1) is 5.56 Å². The van der Waals surface area contributed by atoms with Gasteiger partial charge in [-0.05, 0) is 55.4 Å². The molecule has 1 aliphatic rings. The van der Waals surface area contributed by atoms with Crippen molar-refractivity contribution in [2.24, 2.45) is 5.73 Å². The summed E-state index contributed by atoms with van der Waals surface area (Å²) in [6, 6.07) is 10.2. The number of rotatable bonds is 7. The number of nitrogens with zero attached hydrogens (tertiary/aromatic N) is 2. The van der Waals surface area contributed by atoms with Crippen LogP contribution in [0.15, 0.2) is 42.5 Å². The minimum atomic E-state index is -4.49. The predicted octanol–water partition coefficient (Wildman–Crippen LogP) is 2.94. The van der Waals surface area contributed by atoms with Crippen LogP contribution in [0.5, 0.6) is 0 Å². The maximum Gasteiger partial charge on any atom is 0.416 e. The summed E-state index contributed by atoms with van der Waals surface area (Å²) in [4.78, 5) is 16.7. The van der Waals surface area contributed by atoms with Gasteiger partial charge in [-0.1, -0.05) is 36.4 Å². The molecule has 0 spiro atoms. The second kappa shape index (κ2) is 9.80. The molecular formula is C23H29F3N4O. The number of carbonyl (C=O) groups excluding carboxylic acids is 1. The van der Waals surface area contributed by atoms with Gasteiger partial charge in [0.25, 0.3) is 0 Å². The van der Waals surface area contributed by atoms with Crippen LogP contribution in [-0.4, -0.2) is 49.4 Å². The van der Waals surface area contributed by atoms with Crippen LogP contribution in [0, 0.1) is 0 Å². The summed E-state index contributed by atoms with van der Waals surface area (Å²) in [5.41, 5.74) is 8.66. The van der Waals surface area contributed by atoms with Gasteiger partial charge in [-0.25, -0.2) is 0 Å². The highest BCUT2D eigenvalue weighted by Crippen LogP contribution is 2.33. The highest BCUT2D eigenvalue weighted by Gasteiger charge is 2.34. The lowest BCUT2D eigenvalue weighted by Crippen LogP contribution is -2.42. The largest absolute Gasteiger partial charge is 0.416 e. The van der Waals surface area contributed by atoms with Gasteiger partial charge >= 0.3 is 6.18 Å². The number of likely N-dealkylation sites (N-methyl/N-ethyl adjacent to an activating group) is 1. The first-order valence-electron chi connectivity index (χ1n) is 10.3. The monoisotopic (exact) mass is 434 g/mol. The van der Waals surface area contributed by atoms with E-state index in [1.54, 1.807) is 6.07 Å². The molecule has 31 heavy (non-hydrogen) atoms. The summed E-state index contributed by atoms with van der Waals surface area (Å²) in [5.74, 6) is -0.370. The Morgan fingerprint density at radius 3 is 2.58 bits per heavy atom. The number of nitrogens with two attached hydrogens (primary N) is 1. The first-order chi connectivity index (χ1) is 14.7. The summed E-state index contributed by atoms with van der Waals surface area (Å²) >= 11 is 0. The van der Waals surface area contributed by atoms with Crippen LogP contribution >= 0.6 is 0 Å². The first-order valence-corrected chi connectivity index (χ1v) is 10.3. The fourth-order valence-corrected chi connectivity index (χ4v) is 3.91. The quantitative estimate of drug-likeness (QED) is 0.704. The zero-order valence-electron chi connectivity index (χ0n) is 17.9. The molecule has 0 aromatic heterocycles. The third-order valence-corrected chi connectivity index (χ3v) is 5.59. The Bertz CT molecular complexity index is 914. The van der Waals surface area contributed by atoms with Crippen molar-refractivity contribution >= 4 is 5.91 Å². The number of hydrogen-bond donors (Lipinski definition) is 2. The number of amides is 1. The van der Waals surface area contributed by atoms with Gasteiger partial charge in [-0.15, -0.1) is 0 Å². The minimum Gasteiger partial charge on any atom is -0.335 e. The van der Waals surface area contributed by atoms with E-state index in [-0.39, 0.29) is 24.6 Å². The average Bonchev–Trinajstić information content (AvgIpc) is 2.74. The lowest BCUT2D eigenvalue weighted by atomic mass is 9.91. The molecule has 0 saturated heterocycles. The van der Waals surface area contributed by atoms with E-state index in [0.29, 0.717) is 13.1 Å². The molecule has 2 aromatic rings. The van der Waals surface area contributed by atoms with Crippen LogP contribution in [0.2, 0.25) is 0 Å². The van der Waals surface area contributed by atoms with E-state index in [0.717, 1.165) is 35.7 Å². The van der Waals surface area contributed by atoms with Gasteiger partial charge in [0, 0.05) is 26.2 Å². The van der Waals surface area contributed by atoms with Gasteiger partial charge in [-0.3, -0.25) is 4.79 Å². The van der Waals surface area contributed by atoms with Gasteiger partial charge < -0.3 is 20.9 Å². The van der Waals surface area contributed by atoms with Crippen molar-refractivity contribution in [1.29, 1.82) is 0 Å². The van der Waals surface area contributed by atoms with Crippen molar-refractivity contribution in [1.82, 2.24) is 15.1 Å². The molecule has 0 bridgehead atoms.